The summed E-state index contributed by atoms with van der Waals surface area (Å²) in [5.41, 5.74) is 2.11. The number of aromatic nitrogens is 1. The summed E-state index contributed by atoms with van der Waals surface area (Å²) in [6, 6.07) is 0. The van der Waals surface area contributed by atoms with Gasteiger partial charge < -0.3 is 14.9 Å². The summed E-state index contributed by atoms with van der Waals surface area (Å²) < 4.78 is 5.08. The van der Waals surface area contributed by atoms with Crippen LogP contribution in [0.25, 0.3) is 0 Å². The zero-order valence-corrected chi connectivity index (χ0v) is 10.4. The Balaban J connectivity index is 2.16. The molecule has 1 aromatic rings. The predicted octanol–water partition coefficient (Wildman–Crippen LogP) is 1.93. The van der Waals surface area contributed by atoms with Gasteiger partial charge in [0.2, 0.25) is 0 Å². The van der Waals surface area contributed by atoms with Crippen LogP contribution in [0.2, 0.25) is 0 Å². The van der Waals surface area contributed by atoms with Crippen molar-refractivity contribution in [2.24, 2.45) is 0 Å². The maximum Gasteiger partial charge on any atom is 0.138 e. The van der Waals surface area contributed by atoms with Crippen LogP contribution >= 0.6 is 0 Å². The quantitative estimate of drug-likeness (QED) is 0.697. The molecule has 0 aliphatic heterocycles. The summed E-state index contributed by atoms with van der Waals surface area (Å²) in [4.78, 5) is 0. The van der Waals surface area contributed by atoms with Crippen LogP contribution in [0, 0.1) is 13.8 Å². The van der Waals surface area contributed by atoms with E-state index in [1.165, 1.54) is 0 Å². The summed E-state index contributed by atoms with van der Waals surface area (Å²) >= 11 is 0. The van der Waals surface area contributed by atoms with Crippen LogP contribution in [0.1, 0.15) is 43.2 Å². The lowest BCUT2D eigenvalue weighted by atomic mass is 10.1. The van der Waals surface area contributed by atoms with Gasteiger partial charge in [-0.3, -0.25) is 0 Å². The topological polar surface area (TPSA) is 58.3 Å². The first-order valence-electron chi connectivity index (χ1n) is 5.95. The summed E-state index contributed by atoms with van der Waals surface area (Å²) in [6.07, 6.45) is 2.55. The molecule has 0 saturated heterocycles. The largest absolute Gasteiger partial charge is 0.393 e. The molecule has 0 aliphatic carbocycles. The van der Waals surface area contributed by atoms with E-state index in [0.717, 1.165) is 49.4 Å². The number of aliphatic hydroxyl groups is 1. The van der Waals surface area contributed by atoms with Crippen molar-refractivity contribution in [3.8, 4) is 0 Å². The Morgan fingerprint density at radius 1 is 1.44 bits per heavy atom. The molecule has 1 atom stereocenters. The molecule has 0 fully saturated rings. The fourth-order valence-electron chi connectivity index (χ4n) is 1.63. The van der Waals surface area contributed by atoms with Gasteiger partial charge in [0, 0.05) is 12.1 Å². The van der Waals surface area contributed by atoms with E-state index in [-0.39, 0.29) is 6.10 Å². The van der Waals surface area contributed by atoms with Crippen LogP contribution < -0.4 is 5.32 Å². The second kappa shape index (κ2) is 6.66. The molecule has 0 spiro atoms. The number of rotatable bonds is 7. The third-order valence-corrected chi connectivity index (χ3v) is 2.85. The molecule has 4 nitrogen and oxygen atoms in total. The minimum atomic E-state index is -0.152. The molecule has 0 radical (unpaired) electrons. The zero-order valence-electron chi connectivity index (χ0n) is 10.4. The molecule has 0 bridgehead atoms. The Morgan fingerprint density at radius 3 is 2.75 bits per heavy atom. The molecule has 1 unspecified atom stereocenters. The van der Waals surface area contributed by atoms with Crippen molar-refractivity contribution in [3.05, 3.63) is 17.0 Å². The number of aryl methyl sites for hydroxylation is 2. The highest BCUT2D eigenvalue weighted by Gasteiger charge is 2.07. The molecule has 0 saturated carbocycles. The molecule has 0 amide bonds. The molecule has 1 rings (SSSR count). The van der Waals surface area contributed by atoms with Gasteiger partial charge in [-0.25, -0.2) is 0 Å². The van der Waals surface area contributed by atoms with E-state index >= 15 is 0 Å². The van der Waals surface area contributed by atoms with E-state index in [9.17, 15) is 5.11 Å². The monoisotopic (exact) mass is 226 g/mol. The second-order valence-corrected chi connectivity index (χ2v) is 4.18. The van der Waals surface area contributed by atoms with E-state index in [2.05, 4.69) is 10.5 Å². The van der Waals surface area contributed by atoms with Gasteiger partial charge in [-0.05, 0) is 39.7 Å². The zero-order chi connectivity index (χ0) is 12.0. The van der Waals surface area contributed by atoms with Crippen molar-refractivity contribution in [2.45, 2.75) is 52.7 Å². The Labute approximate surface area is 97.0 Å². The van der Waals surface area contributed by atoms with Crippen molar-refractivity contribution in [2.75, 3.05) is 6.54 Å². The van der Waals surface area contributed by atoms with Crippen molar-refractivity contribution in [3.63, 3.8) is 0 Å². The Kier molecular flexibility index (Phi) is 5.49. The fourth-order valence-corrected chi connectivity index (χ4v) is 1.63. The molecule has 92 valence electrons. The predicted molar refractivity (Wildman–Crippen MR) is 63.2 cm³/mol. The van der Waals surface area contributed by atoms with E-state index in [1.54, 1.807) is 0 Å². The standard InChI is InChI=1S/C12H22N2O2/c1-4-11(15)6-5-7-13-8-12-9(2)14-16-10(12)3/h11,13,15H,4-8H2,1-3H3. The van der Waals surface area contributed by atoms with Crippen LogP contribution in [0.5, 0.6) is 0 Å². The number of aliphatic hydroxyl groups excluding tert-OH is 1. The third kappa shape index (κ3) is 3.94. The highest BCUT2D eigenvalue weighted by atomic mass is 16.5. The van der Waals surface area contributed by atoms with Gasteiger partial charge in [-0.15, -0.1) is 0 Å². The number of hydrogen-bond donors (Lipinski definition) is 2. The van der Waals surface area contributed by atoms with Crippen molar-refractivity contribution >= 4 is 0 Å². The second-order valence-electron chi connectivity index (χ2n) is 4.18. The number of hydrogen-bond acceptors (Lipinski definition) is 4. The van der Waals surface area contributed by atoms with E-state index in [1.807, 2.05) is 20.8 Å². The van der Waals surface area contributed by atoms with Crippen LogP contribution in [0.15, 0.2) is 4.52 Å². The lowest BCUT2D eigenvalue weighted by Crippen LogP contribution is -2.17. The number of nitrogens with one attached hydrogen (secondary N) is 1. The molecular weight excluding hydrogens is 204 g/mol. The first-order valence-corrected chi connectivity index (χ1v) is 5.95. The van der Waals surface area contributed by atoms with Gasteiger partial charge in [0.25, 0.3) is 0 Å². The lowest BCUT2D eigenvalue weighted by Gasteiger charge is -2.08. The van der Waals surface area contributed by atoms with Crippen molar-refractivity contribution in [1.82, 2.24) is 10.5 Å². The van der Waals surface area contributed by atoms with E-state index in [0.29, 0.717) is 0 Å². The van der Waals surface area contributed by atoms with E-state index < -0.39 is 0 Å². The lowest BCUT2D eigenvalue weighted by molar-refractivity contribution is 0.157. The van der Waals surface area contributed by atoms with Gasteiger partial charge in [-0.2, -0.15) is 0 Å². The molecule has 16 heavy (non-hydrogen) atoms. The van der Waals surface area contributed by atoms with Crippen molar-refractivity contribution in [1.29, 1.82) is 0 Å². The Bertz CT molecular complexity index is 290. The highest BCUT2D eigenvalue weighted by Crippen LogP contribution is 2.11. The summed E-state index contributed by atoms with van der Waals surface area (Å²) in [7, 11) is 0. The maximum atomic E-state index is 9.38. The molecule has 4 heteroatoms. The molecule has 0 aliphatic rings. The van der Waals surface area contributed by atoms with Crippen LogP contribution in [-0.2, 0) is 6.54 Å². The molecule has 1 aromatic heterocycles. The highest BCUT2D eigenvalue weighted by molar-refractivity contribution is 5.20. The summed E-state index contributed by atoms with van der Waals surface area (Å²) in [6.45, 7) is 7.60. The minimum absolute atomic E-state index is 0.152. The van der Waals surface area contributed by atoms with Gasteiger partial charge in [-0.1, -0.05) is 12.1 Å². The molecule has 2 N–H and O–H groups in total. The maximum absolute atomic E-state index is 9.38. The van der Waals surface area contributed by atoms with Gasteiger partial charge in [0.05, 0.1) is 11.8 Å². The SMILES string of the molecule is CCC(O)CCCNCc1c(C)noc1C. The normalized spacial score (nSPS) is 13.0. The van der Waals surface area contributed by atoms with Crippen LogP contribution in [-0.4, -0.2) is 22.9 Å². The average molecular weight is 226 g/mol. The first kappa shape index (κ1) is 13.2. The van der Waals surface area contributed by atoms with Gasteiger partial charge in [0.1, 0.15) is 5.76 Å². The van der Waals surface area contributed by atoms with E-state index in [4.69, 9.17) is 4.52 Å². The fraction of sp³-hybridized carbons (Fsp3) is 0.750. The molecule has 1 heterocycles. The Hall–Kier alpha value is -0.870. The Morgan fingerprint density at radius 2 is 2.19 bits per heavy atom. The smallest absolute Gasteiger partial charge is 0.138 e. The minimum Gasteiger partial charge on any atom is -0.393 e. The van der Waals surface area contributed by atoms with Crippen LogP contribution in [0.3, 0.4) is 0 Å². The first-order chi connectivity index (χ1) is 7.65. The average Bonchev–Trinajstić information content (AvgIpc) is 2.59. The molecule has 0 aromatic carbocycles. The summed E-state index contributed by atoms with van der Waals surface area (Å²) in [5, 5.41) is 16.6. The molecular formula is C12H22N2O2. The number of nitrogens with zero attached hydrogens (tertiary/aromatic N) is 1. The van der Waals surface area contributed by atoms with Crippen LogP contribution in [0.4, 0.5) is 0 Å². The summed E-state index contributed by atoms with van der Waals surface area (Å²) in [5.74, 6) is 0.888. The third-order valence-electron chi connectivity index (χ3n) is 2.85. The van der Waals surface area contributed by atoms with Crippen molar-refractivity contribution < 1.29 is 9.63 Å². The van der Waals surface area contributed by atoms with Gasteiger partial charge in [0.15, 0.2) is 0 Å². The van der Waals surface area contributed by atoms with Gasteiger partial charge >= 0.3 is 0 Å².